The largest absolute Gasteiger partial charge is 0.280 e. The molecule has 0 unspecified atom stereocenters. The van der Waals surface area contributed by atoms with E-state index >= 15 is 0 Å². The lowest BCUT2D eigenvalue weighted by Crippen LogP contribution is -1.93. The van der Waals surface area contributed by atoms with Gasteiger partial charge in [0.05, 0.1) is 21.0 Å². The van der Waals surface area contributed by atoms with Gasteiger partial charge in [0.25, 0.3) is 11.4 Å². The minimum absolute atomic E-state index is 0.0854. The molecule has 0 fully saturated rings. The van der Waals surface area contributed by atoms with Gasteiger partial charge in [-0.05, 0) is 23.7 Å². The molecule has 0 aliphatic rings. The Hall–Kier alpha value is -3.20. The number of nitro benzene ring substituents is 2. The molecular formula is C14H8N4O4S. The third kappa shape index (κ3) is 2.77. The van der Waals surface area contributed by atoms with Crippen LogP contribution < -0.4 is 0 Å². The normalized spacial score (nSPS) is 10.4. The van der Waals surface area contributed by atoms with Crippen molar-refractivity contribution < 1.29 is 9.85 Å². The molecule has 2 aromatic carbocycles. The van der Waals surface area contributed by atoms with E-state index in [0.29, 0.717) is 10.6 Å². The highest BCUT2D eigenvalue weighted by atomic mass is 32.1. The van der Waals surface area contributed by atoms with Gasteiger partial charge in [-0.25, -0.2) is 4.98 Å². The monoisotopic (exact) mass is 328 g/mol. The van der Waals surface area contributed by atoms with Crippen molar-refractivity contribution in [3.8, 4) is 22.0 Å². The smallest absolute Gasteiger partial charge is 0.258 e. The number of rotatable bonds is 4. The summed E-state index contributed by atoms with van der Waals surface area (Å²) in [7, 11) is 0. The molecule has 0 N–H and O–H groups in total. The number of para-hydroxylation sites is 2. The molecule has 9 heteroatoms. The maximum Gasteiger partial charge on any atom is 0.280 e. The van der Waals surface area contributed by atoms with Gasteiger partial charge in [0.15, 0.2) is 10.8 Å². The molecule has 1 aromatic heterocycles. The average Bonchev–Trinajstić information content (AvgIpc) is 3.04. The standard InChI is InChI=1S/C14H8N4O4S/c19-17(20)11-7-3-1-5-9(11)13-15-14(23-16-13)10-6-2-4-8-12(10)18(21)22/h1-8H. The van der Waals surface area contributed by atoms with Crippen LogP contribution in [0.5, 0.6) is 0 Å². The Morgan fingerprint density at radius 3 is 1.96 bits per heavy atom. The highest BCUT2D eigenvalue weighted by Gasteiger charge is 2.21. The molecule has 23 heavy (non-hydrogen) atoms. The van der Waals surface area contributed by atoms with Gasteiger partial charge in [-0.2, -0.15) is 4.37 Å². The van der Waals surface area contributed by atoms with Crippen molar-refractivity contribution in [3.05, 3.63) is 68.8 Å². The Labute approximate surface area is 133 Å². The van der Waals surface area contributed by atoms with Crippen LogP contribution in [0.4, 0.5) is 11.4 Å². The molecule has 0 aliphatic heterocycles. The van der Waals surface area contributed by atoms with Crippen molar-refractivity contribution in [2.45, 2.75) is 0 Å². The van der Waals surface area contributed by atoms with Crippen LogP contribution in [0.15, 0.2) is 48.5 Å². The maximum atomic E-state index is 11.1. The quantitative estimate of drug-likeness (QED) is 0.533. The molecule has 1 heterocycles. The van der Waals surface area contributed by atoms with Crippen LogP contribution in [0.3, 0.4) is 0 Å². The fourth-order valence-electron chi connectivity index (χ4n) is 2.08. The molecule has 0 saturated carbocycles. The van der Waals surface area contributed by atoms with Gasteiger partial charge in [-0.3, -0.25) is 20.2 Å². The Bertz CT molecular complexity index is 837. The summed E-state index contributed by atoms with van der Waals surface area (Å²) in [5, 5.41) is 22.5. The van der Waals surface area contributed by atoms with Crippen molar-refractivity contribution in [2.75, 3.05) is 0 Å². The summed E-state index contributed by atoms with van der Waals surface area (Å²) in [4.78, 5) is 25.4. The molecule has 0 saturated heterocycles. The van der Waals surface area contributed by atoms with E-state index in [1.165, 1.54) is 12.1 Å². The lowest BCUT2D eigenvalue weighted by molar-refractivity contribution is -0.384. The second-order valence-corrected chi connectivity index (χ2v) is 5.22. The highest BCUT2D eigenvalue weighted by molar-refractivity contribution is 7.09. The van der Waals surface area contributed by atoms with Crippen LogP contribution in [0.25, 0.3) is 22.0 Å². The van der Waals surface area contributed by atoms with Gasteiger partial charge in [-0.15, -0.1) is 0 Å². The van der Waals surface area contributed by atoms with Crippen LogP contribution >= 0.6 is 11.5 Å². The van der Waals surface area contributed by atoms with Crippen LogP contribution in [-0.2, 0) is 0 Å². The first-order valence-corrected chi connectivity index (χ1v) is 7.16. The molecule has 0 radical (unpaired) electrons. The van der Waals surface area contributed by atoms with E-state index in [0.717, 1.165) is 11.5 Å². The molecule has 114 valence electrons. The first-order valence-electron chi connectivity index (χ1n) is 6.39. The Morgan fingerprint density at radius 1 is 0.826 bits per heavy atom. The summed E-state index contributed by atoms with van der Waals surface area (Å²) in [5.74, 6) is 0.176. The van der Waals surface area contributed by atoms with Crippen molar-refractivity contribution in [1.82, 2.24) is 9.36 Å². The third-order valence-electron chi connectivity index (χ3n) is 3.10. The summed E-state index contributed by atoms with van der Waals surface area (Å²) >= 11 is 0.961. The van der Waals surface area contributed by atoms with Crippen molar-refractivity contribution in [2.24, 2.45) is 0 Å². The van der Waals surface area contributed by atoms with Crippen molar-refractivity contribution in [3.63, 3.8) is 0 Å². The zero-order valence-electron chi connectivity index (χ0n) is 11.4. The minimum atomic E-state index is -0.513. The van der Waals surface area contributed by atoms with Gasteiger partial charge < -0.3 is 0 Å². The molecule has 0 bridgehead atoms. The summed E-state index contributed by atoms with van der Waals surface area (Å²) in [6, 6.07) is 12.3. The zero-order valence-corrected chi connectivity index (χ0v) is 12.3. The predicted molar refractivity (Wildman–Crippen MR) is 84.1 cm³/mol. The Balaban J connectivity index is 2.09. The maximum absolute atomic E-state index is 11.1. The van der Waals surface area contributed by atoms with E-state index in [9.17, 15) is 20.2 Å². The van der Waals surface area contributed by atoms with Gasteiger partial charge in [0, 0.05) is 12.1 Å². The SMILES string of the molecule is O=[N+]([O-])c1ccccc1-c1nsc(-c2ccccc2[N+](=O)[O-])n1. The summed E-state index contributed by atoms with van der Waals surface area (Å²) in [6.07, 6.45) is 0. The number of aromatic nitrogens is 2. The Kier molecular flexibility index (Phi) is 3.77. The van der Waals surface area contributed by atoms with Gasteiger partial charge in [0.1, 0.15) is 0 Å². The van der Waals surface area contributed by atoms with Crippen LogP contribution in [0, 0.1) is 20.2 Å². The van der Waals surface area contributed by atoms with E-state index in [4.69, 9.17) is 0 Å². The molecule has 8 nitrogen and oxygen atoms in total. The van der Waals surface area contributed by atoms with Gasteiger partial charge >= 0.3 is 0 Å². The van der Waals surface area contributed by atoms with E-state index in [1.807, 2.05) is 0 Å². The first-order chi connectivity index (χ1) is 11.1. The Morgan fingerprint density at radius 2 is 1.35 bits per heavy atom. The van der Waals surface area contributed by atoms with E-state index in [1.54, 1.807) is 36.4 Å². The van der Waals surface area contributed by atoms with Crippen molar-refractivity contribution in [1.29, 1.82) is 0 Å². The zero-order chi connectivity index (χ0) is 16.4. The molecule has 0 spiro atoms. The third-order valence-corrected chi connectivity index (χ3v) is 3.85. The molecule has 0 aliphatic carbocycles. The summed E-state index contributed by atoms with van der Waals surface area (Å²) in [6.45, 7) is 0. The number of hydrogen-bond acceptors (Lipinski definition) is 7. The lowest BCUT2D eigenvalue weighted by atomic mass is 10.1. The second-order valence-electron chi connectivity index (χ2n) is 4.47. The predicted octanol–water partition coefficient (Wildman–Crippen LogP) is 3.69. The molecule has 0 amide bonds. The van der Waals surface area contributed by atoms with Crippen molar-refractivity contribution >= 4 is 22.9 Å². The average molecular weight is 328 g/mol. The molecule has 0 atom stereocenters. The molecule has 3 rings (SSSR count). The lowest BCUT2D eigenvalue weighted by Gasteiger charge is -1.98. The number of benzene rings is 2. The van der Waals surface area contributed by atoms with Crippen LogP contribution in [0.2, 0.25) is 0 Å². The highest BCUT2D eigenvalue weighted by Crippen LogP contribution is 2.34. The first kappa shape index (κ1) is 14.7. The van der Waals surface area contributed by atoms with E-state index in [-0.39, 0.29) is 22.8 Å². The summed E-state index contributed by atoms with van der Waals surface area (Å²) < 4.78 is 4.11. The topological polar surface area (TPSA) is 112 Å². The summed E-state index contributed by atoms with van der Waals surface area (Å²) in [5.41, 5.74) is 0.413. The van der Waals surface area contributed by atoms with Crippen LogP contribution in [-0.4, -0.2) is 19.2 Å². The molecular weight excluding hydrogens is 320 g/mol. The fourth-order valence-corrected chi connectivity index (χ4v) is 2.79. The number of nitro groups is 2. The number of hydrogen-bond donors (Lipinski definition) is 0. The second kappa shape index (κ2) is 5.89. The number of nitrogens with zero attached hydrogens (tertiary/aromatic N) is 4. The van der Waals surface area contributed by atoms with Gasteiger partial charge in [0.2, 0.25) is 0 Å². The van der Waals surface area contributed by atoms with Crippen LogP contribution in [0.1, 0.15) is 0 Å². The minimum Gasteiger partial charge on any atom is -0.258 e. The van der Waals surface area contributed by atoms with E-state index in [2.05, 4.69) is 9.36 Å². The van der Waals surface area contributed by atoms with Gasteiger partial charge in [-0.1, -0.05) is 24.3 Å². The molecule has 3 aromatic rings. The fraction of sp³-hybridized carbons (Fsp3) is 0. The van der Waals surface area contributed by atoms with E-state index < -0.39 is 9.85 Å².